The molecule has 27 heavy (non-hydrogen) atoms. The van der Waals surface area contributed by atoms with Gasteiger partial charge in [0, 0.05) is 17.8 Å². The molecule has 0 spiro atoms. The lowest BCUT2D eigenvalue weighted by Crippen LogP contribution is -2.32. The van der Waals surface area contributed by atoms with Crippen molar-refractivity contribution in [3.63, 3.8) is 0 Å². The molecule has 0 aliphatic heterocycles. The maximum atomic E-state index is 12.8. The number of para-hydroxylation sites is 1. The van der Waals surface area contributed by atoms with Crippen LogP contribution in [0.2, 0.25) is 0 Å². The van der Waals surface area contributed by atoms with Gasteiger partial charge in [-0.3, -0.25) is 9.59 Å². The van der Waals surface area contributed by atoms with Crippen molar-refractivity contribution in [1.29, 1.82) is 0 Å². The molecule has 7 heteroatoms. The molecule has 0 saturated carbocycles. The number of nitrogens with one attached hydrogen (secondary N) is 1. The van der Waals surface area contributed by atoms with Gasteiger partial charge < -0.3 is 14.3 Å². The molecule has 7 nitrogen and oxygen atoms in total. The predicted molar refractivity (Wildman–Crippen MR) is 102 cm³/mol. The zero-order chi connectivity index (χ0) is 19.1. The number of carbonyl (C=O) groups excluding carboxylic acids is 1. The molecule has 0 bridgehead atoms. The number of hydrogen-bond acceptors (Lipinski definition) is 4. The van der Waals surface area contributed by atoms with Crippen LogP contribution in [-0.2, 0) is 18.4 Å². The van der Waals surface area contributed by atoms with E-state index >= 15 is 0 Å². The molecular formula is C20H20N4O3. The maximum absolute atomic E-state index is 12.8. The Morgan fingerprint density at radius 1 is 1.22 bits per heavy atom. The smallest absolute Gasteiger partial charge is 0.291 e. The molecule has 138 valence electrons. The lowest BCUT2D eigenvalue weighted by atomic mass is 10.2. The van der Waals surface area contributed by atoms with Crippen LogP contribution in [0.25, 0.3) is 21.8 Å². The van der Waals surface area contributed by atoms with E-state index in [1.807, 2.05) is 43.3 Å². The molecule has 4 aromatic rings. The molecule has 4 rings (SSSR count). The highest BCUT2D eigenvalue weighted by Gasteiger charge is 2.23. The minimum absolute atomic E-state index is 0.189. The van der Waals surface area contributed by atoms with E-state index in [1.54, 1.807) is 24.7 Å². The number of hydrogen-bond donors (Lipinski definition) is 1. The monoisotopic (exact) mass is 364 g/mol. The van der Waals surface area contributed by atoms with Crippen LogP contribution in [0.3, 0.4) is 0 Å². The van der Waals surface area contributed by atoms with Gasteiger partial charge in [0.15, 0.2) is 0 Å². The zero-order valence-electron chi connectivity index (χ0n) is 15.4. The second-order valence-electron chi connectivity index (χ2n) is 6.63. The highest BCUT2D eigenvalue weighted by atomic mass is 16.3. The Morgan fingerprint density at radius 2 is 2.00 bits per heavy atom. The highest BCUT2D eigenvalue weighted by Crippen LogP contribution is 2.29. The molecule has 3 aromatic heterocycles. The second-order valence-corrected chi connectivity index (χ2v) is 6.63. The summed E-state index contributed by atoms with van der Waals surface area (Å²) in [6.45, 7) is 3.94. The Morgan fingerprint density at radius 3 is 2.74 bits per heavy atom. The van der Waals surface area contributed by atoms with Crippen LogP contribution in [0.1, 0.15) is 24.5 Å². The van der Waals surface area contributed by atoms with Crippen molar-refractivity contribution in [2.24, 2.45) is 7.05 Å². The summed E-state index contributed by atoms with van der Waals surface area (Å²) in [7, 11) is 1.60. The van der Waals surface area contributed by atoms with Crippen molar-refractivity contribution >= 4 is 27.7 Å². The van der Waals surface area contributed by atoms with E-state index in [9.17, 15) is 9.59 Å². The molecule has 1 amide bonds. The summed E-state index contributed by atoms with van der Waals surface area (Å²) in [6, 6.07) is 10.8. The topological polar surface area (TPSA) is 82.1 Å². The largest absolute Gasteiger partial charge is 0.465 e. The van der Waals surface area contributed by atoms with Gasteiger partial charge in [-0.15, -0.1) is 0 Å². The fourth-order valence-corrected chi connectivity index (χ4v) is 3.41. The number of benzene rings is 1. The number of fused-ring (bicyclic) bond motifs is 3. The molecule has 0 unspecified atom stereocenters. The van der Waals surface area contributed by atoms with Gasteiger partial charge in [0.2, 0.25) is 5.91 Å². The van der Waals surface area contributed by atoms with Crippen LogP contribution in [0, 0.1) is 6.92 Å². The van der Waals surface area contributed by atoms with E-state index in [0.29, 0.717) is 17.8 Å². The van der Waals surface area contributed by atoms with Crippen LogP contribution < -0.4 is 10.9 Å². The summed E-state index contributed by atoms with van der Waals surface area (Å²) in [5.74, 6) is 1.30. The van der Waals surface area contributed by atoms with Crippen LogP contribution in [0.4, 0.5) is 0 Å². The van der Waals surface area contributed by atoms with Crippen molar-refractivity contribution in [1.82, 2.24) is 19.7 Å². The molecule has 1 N–H and O–H groups in total. The van der Waals surface area contributed by atoms with Crippen molar-refractivity contribution in [3.8, 4) is 0 Å². The number of carbonyl (C=O) groups is 1. The van der Waals surface area contributed by atoms with Crippen molar-refractivity contribution in [3.05, 3.63) is 64.5 Å². The van der Waals surface area contributed by atoms with E-state index in [4.69, 9.17) is 4.42 Å². The first-order chi connectivity index (χ1) is 13.0. The summed E-state index contributed by atoms with van der Waals surface area (Å²) in [4.78, 5) is 25.6. The summed E-state index contributed by atoms with van der Waals surface area (Å²) >= 11 is 0. The maximum Gasteiger partial charge on any atom is 0.291 e. The molecule has 3 heterocycles. The fourth-order valence-electron chi connectivity index (χ4n) is 3.41. The van der Waals surface area contributed by atoms with Crippen molar-refractivity contribution in [2.75, 3.05) is 0 Å². The normalized spacial score (nSPS) is 12.6. The minimum Gasteiger partial charge on any atom is -0.465 e. The number of aromatic nitrogens is 3. The number of furan rings is 1. The zero-order valence-corrected chi connectivity index (χ0v) is 15.4. The first kappa shape index (κ1) is 17.1. The second kappa shape index (κ2) is 6.42. The Balaban J connectivity index is 1.78. The van der Waals surface area contributed by atoms with Gasteiger partial charge in [0.05, 0.1) is 18.3 Å². The summed E-state index contributed by atoms with van der Waals surface area (Å²) in [6.07, 6.45) is 1.67. The third-order valence-electron chi connectivity index (χ3n) is 4.81. The highest BCUT2D eigenvalue weighted by molar-refractivity contribution is 6.08. The lowest BCUT2D eigenvalue weighted by Gasteiger charge is -2.16. The first-order valence-corrected chi connectivity index (χ1v) is 8.75. The fraction of sp³-hybridized carbons (Fsp3) is 0.250. The summed E-state index contributed by atoms with van der Waals surface area (Å²) < 4.78 is 8.57. The Kier molecular flexibility index (Phi) is 4.07. The third kappa shape index (κ3) is 2.81. The first-order valence-electron chi connectivity index (χ1n) is 8.75. The molecule has 1 atom stereocenters. The number of nitrogens with zero attached hydrogens (tertiary/aromatic N) is 3. The van der Waals surface area contributed by atoms with Gasteiger partial charge in [0.1, 0.15) is 23.1 Å². The Bertz CT molecular complexity index is 1220. The average molecular weight is 364 g/mol. The van der Waals surface area contributed by atoms with Gasteiger partial charge in [-0.2, -0.15) is 5.10 Å². The van der Waals surface area contributed by atoms with Gasteiger partial charge in [-0.05, 0) is 32.0 Å². The van der Waals surface area contributed by atoms with E-state index in [0.717, 1.165) is 22.0 Å². The van der Waals surface area contributed by atoms with Gasteiger partial charge in [-0.1, -0.05) is 18.2 Å². The molecule has 0 aliphatic carbocycles. The SMILES string of the molecule is Cc1ccc(CNC(=O)[C@H](C)n2c3ccccc3c3cnn(C)c(=O)c32)o1. The third-order valence-corrected chi connectivity index (χ3v) is 4.81. The minimum atomic E-state index is -0.571. The quantitative estimate of drug-likeness (QED) is 0.604. The van der Waals surface area contributed by atoms with Crippen molar-refractivity contribution < 1.29 is 9.21 Å². The van der Waals surface area contributed by atoms with Gasteiger partial charge in [-0.25, -0.2) is 4.68 Å². The van der Waals surface area contributed by atoms with Crippen LogP contribution in [0.15, 0.2) is 51.8 Å². The Hall–Kier alpha value is -3.35. The van der Waals surface area contributed by atoms with E-state index in [1.165, 1.54) is 4.68 Å². The molecule has 0 radical (unpaired) electrons. The van der Waals surface area contributed by atoms with E-state index in [-0.39, 0.29) is 11.5 Å². The van der Waals surface area contributed by atoms with Crippen molar-refractivity contribution in [2.45, 2.75) is 26.4 Å². The summed E-state index contributed by atoms with van der Waals surface area (Å²) in [5, 5.41) is 8.66. The molecule has 0 fully saturated rings. The van der Waals surface area contributed by atoms with Crippen LogP contribution in [-0.4, -0.2) is 20.3 Å². The van der Waals surface area contributed by atoms with Crippen LogP contribution in [0.5, 0.6) is 0 Å². The van der Waals surface area contributed by atoms with Gasteiger partial charge >= 0.3 is 0 Å². The predicted octanol–water partition coefficient (Wildman–Crippen LogP) is 2.67. The molecule has 0 saturated heterocycles. The molecular weight excluding hydrogens is 344 g/mol. The summed E-state index contributed by atoms with van der Waals surface area (Å²) in [5.41, 5.74) is 1.07. The van der Waals surface area contributed by atoms with Gasteiger partial charge in [0.25, 0.3) is 5.56 Å². The molecule has 0 aliphatic rings. The number of amides is 1. The standard InChI is InChI=1S/C20H20N4O3/c1-12-8-9-14(27-12)10-21-19(25)13(2)24-17-7-5-4-6-15(17)16-11-22-23(3)20(26)18(16)24/h4-9,11,13H,10H2,1-3H3,(H,21,25)/t13-/m0/s1. The molecule has 1 aromatic carbocycles. The van der Waals surface area contributed by atoms with E-state index in [2.05, 4.69) is 10.4 Å². The number of rotatable bonds is 4. The Labute approximate surface area is 155 Å². The number of aryl methyl sites for hydroxylation is 2. The lowest BCUT2D eigenvalue weighted by molar-refractivity contribution is -0.123. The van der Waals surface area contributed by atoms with Crippen LogP contribution >= 0.6 is 0 Å². The van der Waals surface area contributed by atoms with E-state index < -0.39 is 6.04 Å². The average Bonchev–Trinajstić information content (AvgIpc) is 3.23.